The molecule has 0 aromatic rings. The molecule has 98 valence electrons. The molecule has 0 bridgehead atoms. The van der Waals surface area contributed by atoms with E-state index < -0.39 is 11.4 Å². The summed E-state index contributed by atoms with van der Waals surface area (Å²) in [6.45, 7) is 3.55. The fourth-order valence-electron chi connectivity index (χ4n) is 2.77. The van der Waals surface area contributed by atoms with Gasteiger partial charge in [0.05, 0.1) is 6.61 Å². The van der Waals surface area contributed by atoms with E-state index in [1.807, 2.05) is 0 Å². The van der Waals surface area contributed by atoms with Crippen LogP contribution in [0.25, 0.3) is 0 Å². The van der Waals surface area contributed by atoms with Gasteiger partial charge in [0.15, 0.2) is 0 Å². The van der Waals surface area contributed by atoms with E-state index in [1.54, 1.807) is 0 Å². The van der Waals surface area contributed by atoms with E-state index in [1.165, 1.54) is 0 Å². The van der Waals surface area contributed by atoms with Crippen molar-refractivity contribution in [1.82, 2.24) is 9.80 Å². The second-order valence-corrected chi connectivity index (χ2v) is 5.53. The molecule has 5 nitrogen and oxygen atoms in total. The molecular weight excluding hydrogens is 220 g/mol. The molecule has 0 aliphatic carbocycles. The summed E-state index contributed by atoms with van der Waals surface area (Å²) in [5.74, 6) is -0.705. The third-order valence-corrected chi connectivity index (χ3v) is 4.06. The summed E-state index contributed by atoms with van der Waals surface area (Å²) in [5, 5.41) is 9.38. The number of carboxylic acid groups (broad SMARTS) is 1. The molecule has 0 aromatic heterocycles. The van der Waals surface area contributed by atoms with Gasteiger partial charge in [0.1, 0.15) is 5.41 Å². The van der Waals surface area contributed by atoms with E-state index in [0.29, 0.717) is 32.2 Å². The number of aliphatic carboxylic acids is 1. The van der Waals surface area contributed by atoms with Crippen LogP contribution >= 0.6 is 0 Å². The zero-order chi connectivity index (χ0) is 12.5. The Kier molecular flexibility index (Phi) is 3.70. The maximum atomic E-state index is 11.4. The van der Waals surface area contributed by atoms with Gasteiger partial charge in [-0.3, -0.25) is 4.79 Å². The molecule has 2 rings (SSSR count). The van der Waals surface area contributed by atoms with Crippen LogP contribution in [-0.4, -0.2) is 73.9 Å². The van der Waals surface area contributed by atoms with Crippen LogP contribution in [0.1, 0.15) is 12.8 Å². The molecule has 5 heteroatoms. The van der Waals surface area contributed by atoms with Gasteiger partial charge in [-0.25, -0.2) is 0 Å². The van der Waals surface area contributed by atoms with Crippen molar-refractivity contribution < 1.29 is 14.6 Å². The van der Waals surface area contributed by atoms with Crippen molar-refractivity contribution >= 4 is 5.97 Å². The van der Waals surface area contributed by atoms with Crippen LogP contribution in [0.5, 0.6) is 0 Å². The molecule has 2 unspecified atom stereocenters. The van der Waals surface area contributed by atoms with Crippen LogP contribution in [0.2, 0.25) is 0 Å². The molecule has 0 spiro atoms. The van der Waals surface area contributed by atoms with E-state index in [9.17, 15) is 9.90 Å². The van der Waals surface area contributed by atoms with E-state index in [0.717, 1.165) is 19.5 Å². The zero-order valence-electron chi connectivity index (χ0n) is 10.7. The minimum Gasteiger partial charge on any atom is -0.481 e. The summed E-state index contributed by atoms with van der Waals surface area (Å²) >= 11 is 0. The van der Waals surface area contributed by atoms with E-state index in [2.05, 4.69) is 23.9 Å². The number of rotatable bonds is 4. The largest absolute Gasteiger partial charge is 0.481 e. The lowest BCUT2D eigenvalue weighted by Gasteiger charge is -2.28. The first kappa shape index (κ1) is 12.8. The van der Waals surface area contributed by atoms with Crippen LogP contribution in [-0.2, 0) is 9.53 Å². The molecule has 2 aliphatic heterocycles. The Morgan fingerprint density at radius 2 is 2.35 bits per heavy atom. The predicted octanol–water partition coefficient (Wildman–Crippen LogP) is 0.114. The number of likely N-dealkylation sites (tertiary alicyclic amines) is 1. The van der Waals surface area contributed by atoms with Crippen LogP contribution in [0.3, 0.4) is 0 Å². The average Bonchev–Trinajstić information content (AvgIpc) is 2.88. The molecular formula is C12H22N2O3. The molecule has 1 N–H and O–H groups in total. The second kappa shape index (κ2) is 4.92. The van der Waals surface area contributed by atoms with Crippen molar-refractivity contribution in [3.8, 4) is 0 Å². The third kappa shape index (κ3) is 2.61. The number of hydrogen-bond donors (Lipinski definition) is 1. The monoisotopic (exact) mass is 242 g/mol. The van der Waals surface area contributed by atoms with Gasteiger partial charge in [-0.2, -0.15) is 0 Å². The number of carboxylic acids is 1. The molecule has 2 aliphatic rings. The Labute approximate surface area is 102 Å². The number of ether oxygens (including phenoxy) is 1. The number of nitrogens with zero attached hydrogens (tertiary/aromatic N) is 2. The first-order valence-electron chi connectivity index (χ1n) is 6.23. The van der Waals surface area contributed by atoms with Crippen molar-refractivity contribution in [2.24, 2.45) is 5.41 Å². The lowest BCUT2D eigenvalue weighted by molar-refractivity contribution is -0.150. The topological polar surface area (TPSA) is 53.0 Å². The molecule has 0 amide bonds. The zero-order valence-corrected chi connectivity index (χ0v) is 10.7. The smallest absolute Gasteiger partial charge is 0.313 e. The predicted molar refractivity (Wildman–Crippen MR) is 64.0 cm³/mol. The van der Waals surface area contributed by atoms with Gasteiger partial charge in [0.2, 0.25) is 0 Å². The molecule has 0 saturated carbocycles. The fraction of sp³-hybridized carbons (Fsp3) is 0.917. The molecule has 0 aromatic carbocycles. The molecule has 2 saturated heterocycles. The van der Waals surface area contributed by atoms with Crippen molar-refractivity contribution in [3.05, 3.63) is 0 Å². The summed E-state index contributed by atoms with van der Waals surface area (Å²) in [7, 11) is 4.17. The van der Waals surface area contributed by atoms with Crippen molar-refractivity contribution in [2.45, 2.75) is 18.9 Å². The molecule has 2 heterocycles. The van der Waals surface area contributed by atoms with Crippen molar-refractivity contribution in [2.75, 3.05) is 46.9 Å². The Hall–Kier alpha value is -0.650. The van der Waals surface area contributed by atoms with E-state index >= 15 is 0 Å². The third-order valence-electron chi connectivity index (χ3n) is 4.06. The summed E-state index contributed by atoms with van der Waals surface area (Å²) < 4.78 is 5.29. The van der Waals surface area contributed by atoms with Crippen LogP contribution in [0, 0.1) is 5.41 Å². The van der Waals surface area contributed by atoms with Crippen LogP contribution < -0.4 is 0 Å². The van der Waals surface area contributed by atoms with Gasteiger partial charge in [-0.1, -0.05) is 0 Å². The Bertz CT molecular complexity index is 287. The summed E-state index contributed by atoms with van der Waals surface area (Å²) in [5.41, 5.74) is -0.665. The first-order chi connectivity index (χ1) is 8.03. The number of likely N-dealkylation sites (N-methyl/N-ethyl adjacent to an activating group) is 1. The van der Waals surface area contributed by atoms with Crippen LogP contribution in [0.4, 0.5) is 0 Å². The standard InChI is InChI=1S/C12H22N2O3/c1-13(2)10-3-5-14(7-10)8-12(11(15)16)4-6-17-9-12/h10H,3-9H2,1-2H3,(H,15,16). The summed E-state index contributed by atoms with van der Waals surface area (Å²) in [4.78, 5) is 15.9. The Balaban J connectivity index is 1.94. The van der Waals surface area contributed by atoms with Crippen molar-refractivity contribution in [3.63, 3.8) is 0 Å². The van der Waals surface area contributed by atoms with E-state index in [-0.39, 0.29) is 0 Å². The van der Waals surface area contributed by atoms with Gasteiger partial charge in [0, 0.05) is 25.7 Å². The highest BCUT2D eigenvalue weighted by molar-refractivity contribution is 5.75. The SMILES string of the molecule is CN(C)C1CCN(CC2(C(=O)O)CCOC2)C1. The summed E-state index contributed by atoms with van der Waals surface area (Å²) in [6, 6.07) is 0.558. The van der Waals surface area contributed by atoms with Crippen LogP contribution in [0.15, 0.2) is 0 Å². The minimum absolute atomic E-state index is 0.367. The van der Waals surface area contributed by atoms with Gasteiger partial charge in [-0.15, -0.1) is 0 Å². The number of carbonyl (C=O) groups is 1. The highest BCUT2D eigenvalue weighted by Gasteiger charge is 2.44. The Morgan fingerprint density at radius 3 is 2.82 bits per heavy atom. The average molecular weight is 242 g/mol. The van der Waals surface area contributed by atoms with Gasteiger partial charge in [-0.05, 0) is 33.5 Å². The molecule has 0 radical (unpaired) electrons. The van der Waals surface area contributed by atoms with Gasteiger partial charge < -0.3 is 19.6 Å². The lowest BCUT2D eigenvalue weighted by atomic mass is 9.87. The quantitative estimate of drug-likeness (QED) is 0.758. The molecule has 17 heavy (non-hydrogen) atoms. The fourth-order valence-corrected chi connectivity index (χ4v) is 2.77. The van der Waals surface area contributed by atoms with Gasteiger partial charge >= 0.3 is 5.97 Å². The summed E-state index contributed by atoms with van der Waals surface area (Å²) in [6.07, 6.45) is 1.77. The lowest BCUT2D eigenvalue weighted by Crippen LogP contribution is -2.44. The normalized spacial score (nSPS) is 34.6. The maximum absolute atomic E-state index is 11.4. The van der Waals surface area contributed by atoms with Crippen molar-refractivity contribution in [1.29, 1.82) is 0 Å². The maximum Gasteiger partial charge on any atom is 0.313 e. The minimum atomic E-state index is -0.705. The second-order valence-electron chi connectivity index (χ2n) is 5.53. The number of hydrogen-bond acceptors (Lipinski definition) is 4. The highest BCUT2D eigenvalue weighted by atomic mass is 16.5. The molecule has 2 fully saturated rings. The van der Waals surface area contributed by atoms with Gasteiger partial charge in [0.25, 0.3) is 0 Å². The first-order valence-corrected chi connectivity index (χ1v) is 6.23. The molecule has 2 atom stereocenters. The Morgan fingerprint density at radius 1 is 1.59 bits per heavy atom. The highest BCUT2D eigenvalue weighted by Crippen LogP contribution is 2.31. The van der Waals surface area contributed by atoms with E-state index in [4.69, 9.17) is 4.74 Å².